The minimum atomic E-state index is -0.236. The molecule has 0 amide bonds. The summed E-state index contributed by atoms with van der Waals surface area (Å²) in [5.41, 5.74) is 10.7. The molecule has 4 unspecified atom stereocenters. The molecule has 4 heterocycles. The van der Waals surface area contributed by atoms with E-state index in [1.807, 2.05) is 0 Å². The van der Waals surface area contributed by atoms with Crippen LogP contribution in [-0.2, 0) is 5.66 Å². The Labute approximate surface area is 308 Å². The standard InChI is InChI=1S/C48H37N5/c1-3-13-32(14-4-1)35-18-11-20-37(27-35)45-49-46(38-21-12-19-36(28-38)33-15-5-2-6-16-33)51-47(50-45)39-29-48(31-52(48)30-39)53-42-24-10-9-23-41(42)44-40-22-8-7-17-34(40)25-26-43(44)53/h1-29,45-46,49H,30-31H2,(H,50,51). The number of nitrogens with zero attached hydrogens (tertiary/aromatic N) is 3. The molecule has 0 radical (unpaired) electrons. The summed E-state index contributed by atoms with van der Waals surface area (Å²) in [5, 5.41) is 13.0. The van der Waals surface area contributed by atoms with E-state index in [2.05, 4.69) is 196 Å². The van der Waals surface area contributed by atoms with Gasteiger partial charge in [0, 0.05) is 29.4 Å². The Kier molecular flexibility index (Phi) is 6.81. The number of hydrogen-bond acceptors (Lipinski definition) is 4. The Hall–Kier alpha value is -6.27. The fourth-order valence-corrected chi connectivity index (χ4v) is 8.80. The molecule has 7 aromatic carbocycles. The lowest BCUT2D eigenvalue weighted by atomic mass is 9.99. The normalized spacial score (nSPS) is 22.0. The lowest BCUT2D eigenvalue weighted by Gasteiger charge is -2.33. The van der Waals surface area contributed by atoms with Crippen LogP contribution in [0.3, 0.4) is 0 Å². The van der Waals surface area contributed by atoms with Crippen LogP contribution >= 0.6 is 0 Å². The van der Waals surface area contributed by atoms with E-state index < -0.39 is 0 Å². The first kappa shape index (κ1) is 30.4. The average Bonchev–Trinajstić information content (AvgIpc) is 3.60. The maximum absolute atomic E-state index is 5.45. The lowest BCUT2D eigenvalue weighted by molar-refractivity contribution is 0.407. The predicted molar refractivity (Wildman–Crippen MR) is 218 cm³/mol. The second kappa shape index (κ2) is 11.9. The molecule has 0 saturated carbocycles. The third-order valence-electron chi connectivity index (χ3n) is 11.4. The summed E-state index contributed by atoms with van der Waals surface area (Å²) in [6.45, 7) is 1.81. The highest BCUT2D eigenvalue weighted by molar-refractivity contribution is 6.21. The van der Waals surface area contributed by atoms with Crippen molar-refractivity contribution < 1.29 is 0 Å². The molecule has 1 fully saturated rings. The van der Waals surface area contributed by atoms with Gasteiger partial charge in [-0.25, -0.2) is 4.99 Å². The molecule has 1 aromatic heterocycles. The molecule has 0 bridgehead atoms. The van der Waals surface area contributed by atoms with Gasteiger partial charge in [-0.2, -0.15) is 0 Å². The molecule has 3 aliphatic rings. The number of para-hydroxylation sites is 1. The van der Waals surface area contributed by atoms with E-state index in [-0.39, 0.29) is 18.0 Å². The Morgan fingerprint density at radius 2 is 1.21 bits per heavy atom. The lowest BCUT2D eigenvalue weighted by Crippen LogP contribution is -2.45. The minimum Gasteiger partial charge on any atom is -0.351 e. The summed E-state index contributed by atoms with van der Waals surface area (Å²) in [6.07, 6.45) is 2.11. The Bertz CT molecular complexity index is 2760. The highest BCUT2D eigenvalue weighted by Gasteiger charge is 2.57. The number of benzene rings is 7. The van der Waals surface area contributed by atoms with Crippen molar-refractivity contribution in [2.75, 3.05) is 13.1 Å². The molecular weight excluding hydrogens is 647 g/mol. The Morgan fingerprint density at radius 3 is 1.98 bits per heavy atom. The van der Waals surface area contributed by atoms with Gasteiger partial charge in [-0.3, -0.25) is 10.2 Å². The fraction of sp³-hybridized carbons (Fsp3) is 0.104. The molecule has 3 aliphatic heterocycles. The zero-order chi connectivity index (χ0) is 34.9. The molecule has 11 rings (SSSR count). The van der Waals surface area contributed by atoms with Crippen LogP contribution in [0.1, 0.15) is 23.5 Å². The van der Waals surface area contributed by atoms with Crippen LogP contribution in [0.4, 0.5) is 0 Å². The van der Waals surface area contributed by atoms with Gasteiger partial charge in [-0.1, -0.05) is 146 Å². The van der Waals surface area contributed by atoms with Crippen molar-refractivity contribution in [2.45, 2.75) is 18.0 Å². The number of aromatic nitrogens is 1. The predicted octanol–water partition coefficient (Wildman–Crippen LogP) is 10.2. The van der Waals surface area contributed by atoms with E-state index >= 15 is 0 Å². The fourth-order valence-electron chi connectivity index (χ4n) is 8.80. The van der Waals surface area contributed by atoms with Gasteiger partial charge >= 0.3 is 0 Å². The number of fused-ring (bicyclic) bond motifs is 6. The monoisotopic (exact) mass is 683 g/mol. The van der Waals surface area contributed by atoms with E-state index in [9.17, 15) is 0 Å². The van der Waals surface area contributed by atoms with Gasteiger partial charge in [-0.15, -0.1) is 0 Å². The van der Waals surface area contributed by atoms with Crippen LogP contribution < -0.4 is 10.6 Å². The maximum atomic E-state index is 5.45. The van der Waals surface area contributed by atoms with Gasteiger partial charge in [-0.05, 0) is 74.5 Å². The summed E-state index contributed by atoms with van der Waals surface area (Å²) >= 11 is 0. The van der Waals surface area contributed by atoms with E-state index in [4.69, 9.17) is 4.99 Å². The highest BCUT2D eigenvalue weighted by Crippen LogP contribution is 2.51. The molecule has 53 heavy (non-hydrogen) atoms. The van der Waals surface area contributed by atoms with Gasteiger partial charge < -0.3 is 9.88 Å². The van der Waals surface area contributed by atoms with Crippen molar-refractivity contribution in [3.63, 3.8) is 0 Å². The van der Waals surface area contributed by atoms with Crippen molar-refractivity contribution >= 4 is 38.4 Å². The molecule has 5 nitrogen and oxygen atoms in total. The van der Waals surface area contributed by atoms with Crippen LogP contribution in [0.2, 0.25) is 0 Å². The number of aliphatic imine (C=N–C) groups is 1. The summed E-state index contributed by atoms with van der Waals surface area (Å²) in [4.78, 5) is 8.02. The topological polar surface area (TPSA) is 44.4 Å². The smallest absolute Gasteiger partial charge is 0.131 e. The summed E-state index contributed by atoms with van der Waals surface area (Å²) in [7, 11) is 0. The molecule has 1 saturated heterocycles. The average molecular weight is 684 g/mol. The number of amidine groups is 1. The van der Waals surface area contributed by atoms with Crippen LogP contribution in [0.15, 0.2) is 186 Å². The largest absolute Gasteiger partial charge is 0.351 e. The molecule has 4 atom stereocenters. The first-order chi connectivity index (χ1) is 26.2. The summed E-state index contributed by atoms with van der Waals surface area (Å²) < 4.78 is 2.58. The maximum Gasteiger partial charge on any atom is 0.131 e. The van der Waals surface area contributed by atoms with E-state index in [0.29, 0.717) is 0 Å². The molecule has 254 valence electrons. The van der Waals surface area contributed by atoms with Crippen molar-refractivity contribution in [1.29, 1.82) is 0 Å². The summed E-state index contributed by atoms with van der Waals surface area (Å²) in [6, 6.07) is 61.2. The number of nitrogens with one attached hydrogen (secondary N) is 2. The van der Waals surface area contributed by atoms with E-state index in [1.54, 1.807) is 0 Å². The van der Waals surface area contributed by atoms with Gasteiger partial charge in [0.2, 0.25) is 0 Å². The van der Waals surface area contributed by atoms with E-state index in [0.717, 1.165) is 24.5 Å². The minimum absolute atomic E-state index is 0.139. The Balaban J connectivity index is 1.03. The van der Waals surface area contributed by atoms with E-state index in [1.165, 1.54) is 66.0 Å². The third kappa shape index (κ3) is 4.96. The molecule has 0 spiro atoms. The Morgan fingerprint density at radius 1 is 0.566 bits per heavy atom. The van der Waals surface area contributed by atoms with Gasteiger partial charge in [0.25, 0.3) is 0 Å². The SMILES string of the molecule is C1=C(C2=NC(c3cccc(-c4ccccc4)c3)NC(c3cccc(-c4ccccc4)c3)N2)CN2CC12n1c2ccccc2c2c3ccccc3ccc21. The van der Waals surface area contributed by atoms with Gasteiger partial charge in [0.05, 0.1) is 11.0 Å². The van der Waals surface area contributed by atoms with Crippen molar-refractivity contribution in [3.8, 4) is 22.3 Å². The molecule has 8 aromatic rings. The van der Waals surface area contributed by atoms with Crippen molar-refractivity contribution in [1.82, 2.24) is 20.1 Å². The quantitative estimate of drug-likeness (QED) is 0.172. The second-order valence-corrected chi connectivity index (χ2v) is 14.5. The van der Waals surface area contributed by atoms with Crippen molar-refractivity contribution in [2.24, 2.45) is 4.99 Å². The first-order valence-electron chi connectivity index (χ1n) is 18.5. The second-order valence-electron chi connectivity index (χ2n) is 14.5. The first-order valence-corrected chi connectivity index (χ1v) is 18.5. The van der Waals surface area contributed by atoms with Crippen molar-refractivity contribution in [3.05, 3.63) is 193 Å². The van der Waals surface area contributed by atoms with Crippen LogP contribution in [0, 0.1) is 0 Å². The molecule has 0 aliphatic carbocycles. The van der Waals surface area contributed by atoms with Gasteiger partial charge in [0.1, 0.15) is 23.8 Å². The highest BCUT2D eigenvalue weighted by atomic mass is 15.5. The zero-order valence-corrected chi connectivity index (χ0v) is 29.2. The summed E-state index contributed by atoms with van der Waals surface area (Å²) in [5.74, 6) is 0.951. The van der Waals surface area contributed by atoms with Crippen LogP contribution in [0.25, 0.3) is 54.8 Å². The number of rotatable bonds is 6. The van der Waals surface area contributed by atoms with Gasteiger partial charge in [0.15, 0.2) is 0 Å². The molecule has 2 N–H and O–H groups in total. The van der Waals surface area contributed by atoms with Crippen LogP contribution in [0.5, 0.6) is 0 Å². The number of hydrogen-bond donors (Lipinski definition) is 2. The van der Waals surface area contributed by atoms with Crippen LogP contribution in [-0.4, -0.2) is 28.4 Å². The molecule has 5 heteroatoms. The molecular formula is C48H37N5. The zero-order valence-electron chi connectivity index (χ0n) is 29.2. The third-order valence-corrected chi connectivity index (χ3v) is 11.4.